The second kappa shape index (κ2) is 4.12. The summed E-state index contributed by atoms with van der Waals surface area (Å²) >= 11 is 0. The Balaban J connectivity index is 1.97. The number of hydrogen-bond acceptors (Lipinski definition) is 3. The van der Waals surface area contributed by atoms with E-state index >= 15 is 0 Å². The molecule has 1 aromatic rings. The van der Waals surface area contributed by atoms with Crippen LogP contribution in [-0.4, -0.2) is 16.9 Å². The smallest absolute Gasteiger partial charge is 0.237 e. The number of aromatic hydroxyl groups is 1. The van der Waals surface area contributed by atoms with E-state index in [1.807, 2.05) is 0 Å². The molecule has 0 radical (unpaired) electrons. The average molecular weight is 245 g/mol. The Labute approximate surface area is 105 Å². The van der Waals surface area contributed by atoms with Crippen molar-refractivity contribution < 1.29 is 14.7 Å². The average Bonchev–Trinajstić information content (AvgIpc) is 2.63. The molecule has 3 rings (SSSR count). The standard InChI is InChI=1S/C14H15NO3/c16-10-5-3-4-9(8-10)15-13(17)11-6-1-2-7-12(11)14(15)18/h3-5,8,11-12,16H,1-2,6-7H2/t11-,12-/m0/s1. The van der Waals surface area contributed by atoms with Crippen molar-refractivity contribution >= 4 is 17.5 Å². The van der Waals surface area contributed by atoms with E-state index < -0.39 is 0 Å². The lowest BCUT2D eigenvalue weighted by Gasteiger charge is -2.19. The van der Waals surface area contributed by atoms with E-state index in [2.05, 4.69) is 0 Å². The van der Waals surface area contributed by atoms with E-state index in [9.17, 15) is 14.7 Å². The molecule has 2 aliphatic rings. The molecular weight excluding hydrogens is 230 g/mol. The van der Waals surface area contributed by atoms with Gasteiger partial charge in [0.25, 0.3) is 0 Å². The summed E-state index contributed by atoms with van der Waals surface area (Å²) in [6, 6.07) is 6.33. The number of amides is 2. The molecule has 2 amide bonds. The molecule has 1 aliphatic carbocycles. The quantitative estimate of drug-likeness (QED) is 0.770. The molecule has 1 saturated heterocycles. The normalized spacial score (nSPS) is 27.4. The van der Waals surface area contributed by atoms with Crippen LogP contribution < -0.4 is 4.90 Å². The summed E-state index contributed by atoms with van der Waals surface area (Å²) in [7, 11) is 0. The molecule has 2 atom stereocenters. The second-order valence-electron chi connectivity index (χ2n) is 5.03. The van der Waals surface area contributed by atoms with Crippen molar-refractivity contribution in [3.63, 3.8) is 0 Å². The molecule has 4 heteroatoms. The van der Waals surface area contributed by atoms with E-state index in [0.29, 0.717) is 5.69 Å². The van der Waals surface area contributed by atoms with Crippen molar-refractivity contribution in [3.8, 4) is 5.75 Å². The van der Waals surface area contributed by atoms with Gasteiger partial charge in [0, 0.05) is 6.07 Å². The molecule has 0 spiro atoms. The minimum absolute atomic E-state index is 0.0722. The van der Waals surface area contributed by atoms with Crippen molar-refractivity contribution in [3.05, 3.63) is 24.3 Å². The number of carbonyl (C=O) groups excluding carboxylic acids is 2. The first-order valence-electron chi connectivity index (χ1n) is 6.35. The number of nitrogens with zero attached hydrogens (tertiary/aromatic N) is 1. The minimum atomic E-state index is -0.145. The number of imide groups is 1. The Hall–Kier alpha value is -1.84. The van der Waals surface area contributed by atoms with Gasteiger partial charge >= 0.3 is 0 Å². The third-order valence-electron chi connectivity index (χ3n) is 3.93. The minimum Gasteiger partial charge on any atom is -0.508 e. The van der Waals surface area contributed by atoms with E-state index in [1.54, 1.807) is 12.1 Å². The molecule has 0 bridgehead atoms. The third kappa shape index (κ3) is 1.60. The van der Waals surface area contributed by atoms with Gasteiger partial charge in [-0.3, -0.25) is 9.59 Å². The zero-order valence-electron chi connectivity index (χ0n) is 10.0. The molecule has 94 valence electrons. The van der Waals surface area contributed by atoms with Gasteiger partial charge in [0.15, 0.2) is 0 Å². The maximum Gasteiger partial charge on any atom is 0.237 e. The van der Waals surface area contributed by atoms with Crippen molar-refractivity contribution in [2.45, 2.75) is 25.7 Å². The summed E-state index contributed by atoms with van der Waals surface area (Å²) in [5.74, 6) is -0.421. The van der Waals surface area contributed by atoms with Crippen LogP contribution in [0.1, 0.15) is 25.7 Å². The van der Waals surface area contributed by atoms with Gasteiger partial charge < -0.3 is 5.11 Å². The fourth-order valence-corrected chi connectivity index (χ4v) is 3.05. The Morgan fingerprint density at radius 1 is 1.06 bits per heavy atom. The predicted octanol–water partition coefficient (Wildman–Crippen LogP) is 2.07. The molecular formula is C14H15NO3. The third-order valence-corrected chi connectivity index (χ3v) is 3.93. The van der Waals surface area contributed by atoms with Gasteiger partial charge in [-0.15, -0.1) is 0 Å². The molecule has 0 aromatic heterocycles. The lowest BCUT2D eigenvalue weighted by atomic mass is 9.81. The maximum atomic E-state index is 12.3. The summed E-state index contributed by atoms with van der Waals surface area (Å²) in [6.07, 6.45) is 3.66. The number of phenols is 1. The molecule has 1 heterocycles. The summed E-state index contributed by atoms with van der Waals surface area (Å²) in [6.45, 7) is 0. The van der Waals surface area contributed by atoms with Crippen LogP contribution in [0.5, 0.6) is 5.75 Å². The zero-order chi connectivity index (χ0) is 12.7. The number of benzene rings is 1. The van der Waals surface area contributed by atoms with Crippen LogP contribution in [0.15, 0.2) is 24.3 Å². The van der Waals surface area contributed by atoms with Gasteiger partial charge in [0.05, 0.1) is 17.5 Å². The molecule has 4 nitrogen and oxygen atoms in total. The molecule has 1 N–H and O–H groups in total. The Morgan fingerprint density at radius 2 is 1.67 bits per heavy atom. The largest absolute Gasteiger partial charge is 0.508 e. The summed E-state index contributed by atoms with van der Waals surface area (Å²) in [5, 5.41) is 9.46. The molecule has 1 aromatic carbocycles. The second-order valence-corrected chi connectivity index (χ2v) is 5.03. The van der Waals surface area contributed by atoms with Crippen LogP contribution in [0.4, 0.5) is 5.69 Å². The first-order chi connectivity index (χ1) is 8.68. The Kier molecular flexibility index (Phi) is 2.58. The molecule has 18 heavy (non-hydrogen) atoms. The maximum absolute atomic E-state index is 12.3. The number of carbonyl (C=O) groups is 2. The van der Waals surface area contributed by atoms with Crippen LogP contribution in [-0.2, 0) is 9.59 Å². The zero-order valence-corrected chi connectivity index (χ0v) is 10.0. The first kappa shape index (κ1) is 11.3. The van der Waals surface area contributed by atoms with E-state index in [4.69, 9.17) is 0 Å². The van der Waals surface area contributed by atoms with Gasteiger partial charge in [-0.05, 0) is 25.0 Å². The van der Waals surface area contributed by atoms with Crippen LogP contribution in [0.25, 0.3) is 0 Å². The number of anilines is 1. The number of hydrogen-bond donors (Lipinski definition) is 1. The molecule has 2 fully saturated rings. The summed E-state index contributed by atoms with van der Waals surface area (Å²) in [5.41, 5.74) is 0.486. The van der Waals surface area contributed by atoms with Crippen LogP contribution >= 0.6 is 0 Å². The van der Waals surface area contributed by atoms with E-state index in [0.717, 1.165) is 25.7 Å². The summed E-state index contributed by atoms with van der Waals surface area (Å²) < 4.78 is 0. The number of fused-ring (bicyclic) bond motifs is 1. The lowest BCUT2D eigenvalue weighted by molar-refractivity contribution is -0.122. The fourth-order valence-electron chi connectivity index (χ4n) is 3.05. The highest BCUT2D eigenvalue weighted by Crippen LogP contribution is 2.40. The highest BCUT2D eigenvalue weighted by Gasteiger charge is 2.48. The van der Waals surface area contributed by atoms with Crippen LogP contribution in [0, 0.1) is 11.8 Å². The SMILES string of the molecule is O=C1[C@H]2CCCC[C@@H]2C(=O)N1c1cccc(O)c1. The van der Waals surface area contributed by atoms with E-state index in [-0.39, 0.29) is 29.4 Å². The first-order valence-corrected chi connectivity index (χ1v) is 6.35. The Morgan fingerprint density at radius 3 is 2.22 bits per heavy atom. The van der Waals surface area contributed by atoms with Crippen LogP contribution in [0.2, 0.25) is 0 Å². The van der Waals surface area contributed by atoms with Crippen molar-refractivity contribution in [1.29, 1.82) is 0 Å². The van der Waals surface area contributed by atoms with Gasteiger partial charge in [-0.2, -0.15) is 0 Å². The Bertz CT molecular complexity index is 488. The van der Waals surface area contributed by atoms with Crippen molar-refractivity contribution in [2.75, 3.05) is 4.90 Å². The van der Waals surface area contributed by atoms with Gasteiger partial charge in [0.2, 0.25) is 11.8 Å². The monoisotopic (exact) mass is 245 g/mol. The highest BCUT2D eigenvalue weighted by atomic mass is 16.3. The van der Waals surface area contributed by atoms with E-state index in [1.165, 1.54) is 17.0 Å². The fraction of sp³-hybridized carbons (Fsp3) is 0.429. The molecule has 1 aliphatic heterocycles. The topological polar surface area (TPSA) is 57.6 Å². The van der Waals surface area contributed by atoms with Gasteiger partial charge in [0.1, 0.15) is 5.75 Å². The van der Waals surface area contributed by atoms with Crippen molar-refractivity contribution in [1.82, 2.24) is 0 Å². The molecule has 0 unspecified atom stereocenters. The predicted molar refractivity (Wildman–Crippen MR) is 66.0 cm³/mol. The highest BCUT2D eigenvalue weighted by molar-refractivity contribution is 6.22. The summed E-state index contributed by atoms with van der Waals surface area (Å²) in [4.78, 5) is 25.8. The van der Waals surface area contributed by atoms with Crippen molar-refractivity contribution in [2.24, 2.45) is 11.8 Å². The van der Waals surface area contributed by atoms with Gasteiger partial charge in [-0.1, -0.05) is 18.9 Å². The van der Waals surface area contributed by atoms with Gasteiger partial charge in [-0.25, -0.2) is 4.90 Å². The van der Waals surface area contributed by atoms with Crippen LogP contribution in [0.3, 0.4) is 0 Å². The lowest BCUT2D eigenvalue weighted by Crippen LogP contribution is -2.30. The number of rotatable bonds is 1. The molecule has 1 saturated carbocycles. The number of phenolic OH excluding ortho intramolecular Hbond substituents is 1.